The van der Waals surface area contributed by atoms with E-state index in [9.17, 15) is 9.59 Å². The van der Waals surface area contributed by atoms with Crippen LogP contribution in [0.1, 0.15) is 15.9 Å². The van der Waals surface area contributed by atoms with Gasteiger partial charge in [0.05, 0.1) is 25.5 Å². The average molecular weight is 362 g/mol. The van der Waals surface area contributed by atoms with Crippen molar-refractivity contribution in [3.8, 4) is 11.5 Å². The Morgan fingerprint density at radius 3 is 2.44 bits per heavy atom. The van der Waals surface area contributed by atoms with Crippen LogP contribution in [0.4, 0.5) is 5.69 Å². The van der Waals surface area contributed by atoms with Crippen LogP contribution >= 0.6 is 11.6 Å². The molecule has 1 amide bonds. The van der Waals surface area contributed by atoms with Crippen molar-refractivity contribution in [2.45, 2.75) is 0 Å². The van der Waals surface area contributed by atoms with Gasteiger partial charge >= 0.3 is 5.97 Å². The van der Waals surface area contributed by atoms with Crippen molar-refractivity contribution in [2.24, 2.45) is 0 Å². The van der Waals surface area contributed by atoms with Crippen LogP contribution < -0.4 is 14.8 Å². The highest BCUT2D eigenvalue weighted by Gasteiger charge is 2.12. The SMILES string of the molecule is COc1ccc(C=CC(=O)Nc2ccc(Cl)cc2C(=O)O)cc1OC. The van der Waals surface area contributed by atoms with E-state index in [-0.39, 0.29) is 16.3 Å². The van der Waals surface area contributed by atoms with Crippen LogP contribution in [0.3, 0.4) is 0 Å². The van der Waals surface area contributed by atoms with E-state index in [1.807, 2.05) is 0 Å². The number of halogens is 1. The molecule has 0 saturated carbocycles. The largest absolute Gasteiger partial charge is 0.493 e. The Labute approximate surface area is 149 Å². The molecule has 7 heteroatoms. The zero-order valence-electron chi connectivity index (χ0n) is 13.6. The van der Waals surface area contributed by atoms with Gasteiger partial charge < -0.3 is 19.9 Å². The highest BCUT2D eigenvalue weighted by Crippen LogP contribution is 2.28. The molecule has 0 aromatic heterocycles. The first kappa shape index (κ1) is 18.4. The van der Waals surface area contributed by atoms with Crippen LogP contribution in [0.15, 0.2) is 42.5 Å². The van der Waals surface area contributed by atoms with Crippen molar-refractivity contribution in [3.63, 3.8) is 0 Å². The monoisotopic (exact) mass is 361 g/mol. The van der Waals surface area contributed by atoms with Gasteiger partial charge in [0.1, 0.15) is 0 Å². The Balaban J connectivity index is 2.15. The minimum absolute atomic E-state index is 0.0830. The highest BCUT2D eigenvalue weighted by molar-refractivity contribution is 6.31. The molecule has 2 rings (SSSR count). The zero-order chi connectivity index (χ0) is 18.4. The summed E-state index contributed by atoms with van der Waals surface area (Å²) in [6.07, 6.45) is 2.87. The molecule has 0 spiro atoms. The van der Waals surface area contributed by atoms with E-state index >= 15 is 0 Å². The third-order valence-electron chi connectivity index (χ3n) is 3.30. The fourth-order valence-corrected chi connectivity index (χ4v) is 2.28. The molecule has 0 radical (unpaired) electrons. The lowest BCUT2D eigenvalue weighted by molar-refractivity contribution is -0.111. The number of benzene rings is 2. The molecule has 2 aromatic rings. The molecule has 0 saturated heterocycles. The smallest absolute Gasteiger partial charge is 0.337 e. The molecule has 0 aliphatic heterocycles. The number of carboxylic acids is 1. The normalized spacial score (nSPS) is 10.5. The van der Waals surface area contributed by atoms with Crippen LogP contribution in [0.5, 0.6) is 11.5 Å². The molecule has 0 unspecified atom stereocenters. The van der Waals surface area contributed by atoms with Gasteiger partial charge in [-0.2, -0.15) is 0 Å². The van der Waals surface area contributed by atoms with Crippen LogP contribution in [0, 0.1) is 0 Å². The summed E-state index contributed by atoms with van der Waals surface area (Å²) < 4.78 is 10.3. The number of carbonyl (C=O) groups is 2. The summed E-state index contributed by atoms with van der Waals surface area (Å²) in [6, 6.07) is 9.41. The standard InChI is InChI=1S/C18H16ClNO5/c1-24-15-7-3-11(9-16(15)25-2)4-8-17(21)20-14-6-5-12(19)10-13(14)18(22)23/h3-10H,1-2H3,(H,20,21)(H,22,23). The number of amides is 1. The number of aromatic carboxylic acids is 1. The van der Waals surface area contributed by atoms with Crippen LogP contribution in [-0.4, -0.2) is 31.2 Å². The summed E-state index contributed by atoms with van der Waals surface area (Å²) in [4.78, 5) is 23.3. The topological polar surface area (TPSA) is 84.9 Å². The minimum atomic E-state index is -1.18. The molecule has 25 heavy (non-hydrogen) atoms. The van der Waals surface area contributed by atoms with E-state index in [0.717, 1.165) is 5.56 Å². The van der Waals surface area contributed by atoms with E-state index < -0.39 is 11.9 Å². The van der Waals surface area contributed by atoms with Crippen molar-refractivity contribution in [2.75, 3.05) is 19.5 Å². The number of hydrogen-bond donors (Lipinski definition) is 2. The molecule has 2 aromatic carbocycles. The second-order valence-corrected chi connectivity index (χ2v) is 5.37. The number of hydrogen-bond acceptors (Lipinski definition) is 4. The molecule has 2 N–H and O–H groups in total. The maximum Gasteiger partial charge on any atom is 0.337 e. The second kappa shape index (κ2) is 8.21. The molecule has 0 atom stereocenters. The molecule has 6 nitrogen and oxygen atoms in total. The van der Waals surface area contributed by atoms with E-state index in [2.05, 4.69) is 5.32 Å². The third-order valence-corrected chi connectivity index (χ3v) is 3.54. The fraction of sp³-hybridized carbons (Fsp3) is 0.111. The molecular formula is C18H16ClNO5. The second-order valence-electron chi connectivity index (χ2n) is 4.93. The van der Waals surface area contributed by atoms with Gasteiger partial charge in [-0.25, -0.2) is 4.79 Å². The van der Waals surface area contributed by atoms with E-state index in [1.54, 1.807) is 24.3 Å². The third kappa shape index (κ3) is 4.74. The summed E-state index contributed by atoms with van der Waals surface area (Å²) in [6.45, 7) is 0. The van der Waals surface area contributed by atoms with Gasteiger partial charge in [0, 0.05) is 11.1 Å². The molecule has 0 fully saturated rings. The lowest BCUT2D eigenvalue weighted by Gasteiger charge is -2.08. The van der Waals surface area contributed by atoms with Crippen molar-refractivity contribution >= 4 is 35.2 Å². The number of carbonyl (C=O) groups excluding carboxylic acids is 1. The van der Waals surface area contributed by atoms with E-state index in [1.165, 1.54) is 38.5 Å². The van der Waals surface area contributed by atoms with Crippen molar-refractivity contribution in [1.82, 2.24) is 0 Å². The van der Waals surface area contributed by atoms with Gasteiger partial charge in [0.2, 0.25) is 5.91 Å². The van der Waals surface area contributed by atoms with Crippen molar-refractivity contribution in [3.05, 3.63) is 58.6 Å². The number of methoxy groups -OCH3 is 2. The Kier molecular flexibility index (Phi) is 6.03. The van der Waals surface area contributed by atoms with Gasteiger partial charge in [-0.05, 0) is 42.0 Å². The predicted molar refractivity (Wildman–Crippen MR) is 95.6 cm³/mol. The molecule has 0 aliphatic rings. The van der Waals surface area contributed by atoms with Gasteiger partial charge in [0.25, 0.3) is 0 Å². The van der Waals surface area contributed by atoms with Crippen LogP contribution in [0.25, 0.3) is 6.08 Å². The van der Waals surface area contributed by atoms with Gasteiger partial charge in [-0.3, -0.25) is 4.79 Å². The van der Waals surface area contributed by atoms with Crippen LogP contribution in [0.2, 0.25) is 5.02 Å². The number of nitrogens with one attached hydrogen (secondary N) is 1. The maximum atomic E-state index is 12.0. The Morgan fingerprint density at radius 1 is 1.08 bits per heavy atom. The maximum absolute atomic E-state index is 12.0. The Hall–Kier alpha value is -2.99. The highest BCUT2D eigenvalue weighted by atomic mass is 35.5. The van der Waals surface area contributed by atoms with Gasteiger partial charge in [-0.15, -0.1) is 0 Å². The molecule has 0 aliphatic carbocycles. The minimum Gasteiger partial charge on any atom is -0.493 e. The van der Waals surface area contributed by atoms with Gasteiger partial charge in [-0.1, -0.05) is 17.7 Å². The average Bonchev–Trinajstić information content (AvgIpc) is 2.61. The molecule has 0 heterocycles. The first-order chi connectivity index (χ1) is 11.9. The van der Waals surface area contributed by atoms with Crippen molar-refractivity contribution < 1.29 is 24.2 Å². The lowest BCUT2D eigenvalue weighted by atomic mass is 10.1. The van der Waals surface area contributed by atoms with Crippen LogP contribution in [-0.2, 0) is 4.79 Å². The summed E-state index contributed by atoms with van der Waals surface area (Å²) in [5.74, 6) is -0.534. The zero-order valence-corrected chi connectivity index (χ0v) is 14.3. The summed E-state index contributed by atoms with van der Waals surface area (Å²) in [5, 5.41) is 12.0. The first-order valence-corrected chi connectivity index (χ1v) is 7.56. The number of carboxylic acid groups (broad SMARTS) is 1. The Bertz CT molecular complexity index is 832. The van der Waals surface area contributed by atoms with Gasteiger partial charge in [0.15, 0.2) is 11.5 Å². The van der Waals surface area contributed by atoms with E-state index in [4.69, 9.17) is 26.2 Å². The number of anilines is 1. The first-order valence-electron chi connectivity index (χ1n) is 7.18. The summed E-state index contributed by atoms with van der Waals surface area (Å²) >= 11 is 5.78. The van der Waals surface area contributed by atoms with Crippen molar-refractivity contribution in [1.29, 1.82) is 0 Å². The summed E-state index contributed by atoms with van der Waals surface area (Å²) in [5.41, 5.74) is 0.807. The number of ether oxygens (including phenoxy) is 2. The molecular weight excluding hydrogens is 346 g/mol. The van der Waals surface area contributed by atoms with E-state index in [0.29, 0.717) is 11.5 Å². The number of rotatable bonds is 6. The quantitative estimate of drug-likeness (QED) is 0.766. The molecule has 130 valence electrons. The predicted octanol–water partition coefficient (Wildman–Crippen LogP) is 3.71. The lowest BCUT2D eigenvalue weighted by Crippen LogP contribution is -2.12. The summed E-state index contributed by atoms with van der Waals surface area (Å²) in [7, 11) is 3.05. The molecule has 0 bridgehead atoms. The Morgan fingerprint density at radius 2 is 1.80 bits per heavy atom. The fourth-order valence-electron chi connectivity index (χ4n) is 2.11.